The number of hydrogen-bond donors (Lipinski definition) is 1. The normalized spacial score (nSPS) is 11.3. The van der Waals surface area contributed by atoms with E-state index >= 15 is 0 Å². The zero-order valence-electron chi connectivity index (χ0n) is 15.7. The van der Waals surface area contributed by atoms with Crippen molar-refractivity contribution in [1.29, 1.82) is 0 Å². The summed E-state index contributed by atoms with van der Waals surface area (Å²) in [5.74, 6) is -1.14. The average Bonchev–Trinajstić information content (AvgIpc) is 2.77. The van der Waals surface area contributed by atoms with Crippen LogP contribution in [0.4, 0.5) is 0 Å². The maximum Gasteiger partial charge on any atom is 0.358 e. The molecule has 150 valence electrons. The van der Waals surface area contributed by atoms with Crippen molar-refractivity contribution < 1.29 is 23.1 Å². The highest BCUT2D eigenvalue weighted by Gasteiger charge is 2.20. The number of rotatable bonds is 6. The van der Waals surface area contributed by atoms with Gasteiger partial charge >= 0.3 is 5.97 Å². The van der Waals surface area contributed by atoms with E-state index < -0.39 is 15.8 Å². The summed E-state index contributed by atoms with van der Waals surface area (Å²) in [4.78, 5) is 16.1. The van der Waals surface area contributed by atoms with Gasteiger partial charge in [-0.3, -0.25) is 0 Å². The number of fused-ring (bicyclic) bond motifs is 1. The molecule has 0 unspecified atom stereocenters. The van der Waals surface area contributed by atoms with Gasteiger partial charge in [-0.25, -0.2) is 18.2 Å². The first-order valence-electron chi connectivity index (χ1n) is 9.10. The van der Waals surface area contributed by atoms with Crippen molar-refractivity contribution in [2.24, 2.45) is 0 Å². The predicted molar refractivity (Wildman–Crippen MR) is 111 cm³/mol. The van der Waals surface area contributed by atoms with Gasteiger partial charge in [-0.15, -0.1) is 0 Å². The zero-order valence-corrected chi connectivity index (χ0v) is 16.5. The van der Waals surface area contributed by atoms with Gasteiger partial charge in [0, 0.05) is 5.39 Å². The minimum absolute atomic E-state index is 0.0770. The topological polar surface area (TPSA) is 93.6 Å². The Hall–Kier alpha value is -3.71. The van der Waals surface area contributed by atoms with Gasteiger partial charge in [0.05, 0.1) is 15.3 Å². The first-order valence-corrected chi connectivity index (χ1v) is 10.6. The molecule has 4 rings (SSSR count). The molecule has 1 N–H and O–H groups in total. The van der Waals surface area contributed by atoms with Gasteiger partial charge in [-0.1, -0.05) is 48.5 Å². The molecule has 0 aliphatic carbocycles. The Morgan fingerprint density at radius 2 is 1.53 bits per heavy atom. The summed E-state index contributed by atoms with van der Waals surface area (Å²) >= 11 is 0. The molecule has 0 saturated heterocycles. The number of benzene rings is 3. The summed E-state index contributed by atoms with van der Waals surface area (Å²) in [7, 11) is -3.71. The SMILES string of the molecule is O=C(O)c1nc2ccc(S(=O)(=O)c3ccccc3)cc2cc1OCc1ccccc1. The predicted octanol–water partition coefficient (Wildman–Crippen LogP) is 4.34. The van der Waals surface area contributed by atoms with Crippen LogP contribution in [0.3, 0.4) is 0 Å². The third-order valence-corrected chi connectivity index (χ3v) is 6.32. The van der Waals surface area contributed by atoms with E-state index in [4.69, 9.17) is 4.74 Å². The first-order chi connectivity index (χ1) is 14.4. The summed E-state index contributed by atoms with van der Waals surface area (Å²) in [5.41, 5.74) is 1.01. The Bertz CT molecular complexity index is 1320. The standard InChI is InChI=1S/C23H17NO5S/c25-23(26)22-21(29-15-16-7-3-1-4-8-16)14-17-13-19(11-12-20(17)24-22)30(27,28)18-9-5-2-6-10-18/h1-14H,15H2,(H,25,26). The Morgan fingerprint density at radius 1 is 0.867 bits per heavy atom. The molecular formula is C23H17NO5S. The van der Waals surface area contributed by atoms with Crippen molar-refractivity contribution in [2.45, 2.75) is 16.4 Å². The maximum absolute atomic E-state index is 12.9. The third kappa shape index (κ3) is 3.88. The first kappa shape index (κ1) is 19.6. The number of ether oxygens (including phenoxy) is 1. The molecule has 0 amide bonds. The molecule has 4 aromatic rings. The van der Waals surface area contributed by atoms with Crippen LogP contribution < -0.4 is 4.74 Å². The van der Waals surface area contributed by atoms with E-state index in [1.807, 2.05) is 30.3 Å². The van der Waals surface area contributed by atoms with Gasteiger partial charge in [0.1, 0.15) is 6.61 Å². The van der Waals surface area contributed by atoms with E-state index in [1.165, 1.54) is 36.4 Å². The van der Waals surface area contributed by atoms with Crippen molar-refractivity contribution in [3.05, 3.63) is 96.2 Å². The second-order valence-electron chi connectivity index (χ2n) is 6.59. The van der Waals surface area contributed by atoms with Crippen LogP contribution in [0.5, 0.6) is 5.75 Å². The number of nitrogens with zero attached hydrogens (tertiary/aromatic N) is 1. The Balaban J connectivity index is 1.76. The quantitative estimate of drug-likeness (QED) is 0.500. The number of carboxylic acids is 1. The molecule has 0 radical (unpaired) electrons. The van der Waals surface area contributed by atoms with Gasteiger partial charge in [0.25, 0.3) is 0 Å². The van der Waals surface area contributed by atoms with E-state index in [-0.39, 0.29) is 27.8 Å². The summed E-state index contributed by atoms with van der Waals surface area (Å²) in [5, 5.41) is 9.99. The molecule has 0 fully saturated rings. The van der Waals surface area contributed by atoms with Crippen LogP contribution in [0.25, 0.3) is 10.9 Å². The Kier molecular flexibility index (Phi) is 5.20. The minimum atomic E-state index is -3.71. The molecule has 0 atom stereocenters. The van der Waals surface area contributed by atoms with Gasteiger partial charge < -0.3 is 9.84 Å². The van der Waals surface area contributed by atoms with Gasteiger partial charge in [0.2, 0.25) is 9.84 Å². The largest absolute Gasteiger partial charge is 0.486 e. The van der Waals surface area contributed by atoms with E-state index in [1.54, 1.807) is 18.2 Å². The van der Waals surface area contributed by atoms with Crippen molar-refractivity contribution >= 4 is 26.7 Å². The third-order valence-electron chi connectivity index (χ3n) is 4.55. The molecule has 0 saturated carbocycles. The van der Waals surface area contributed by atoms with E-state index in [0.717, 1.165) is 5.56 Å². The maximum atomic E-state index is 12.9. The molecule has 3 aromatic carbocycles. The lowest BCUT2D eigenvalue weighted by Gasteiger charge is -2.11. The van der Waals surface area contributed by atoms with Crippen LogP contribution in [-0.4, -0.2) is 24.5 Å². The van der Waals surface area contributed by atoms with Crippen LogP contribution in [-0.2, 0) is 16.4 Å². The van der Waals surface area contributed by atoms with Crippen molar-refractivity contribution in [3.63, 3.8) is 0 Å². The van der Waals surface area contributed by atoms with Crippen molar-refractivity contribution in [2.75, 3.05) is 0 Å². The molecule has 1 heterocycles. The number of sulfone groups is 1. The van der Waals surface area contributed by atoms with Crippen LogP contribution in [0.2, 0.25) is 0 Å². The Morgan fingerprint density at radius 3 is 2.20 bits per heavy atom. The van der Waals surface area contributed by atoms with Crippen LogP contribution >= 0.6 is 0 Å². The summed E-state index contributed by atoms with van der Waals surface area (Å²) < 4.78 is 31.5. The lowest BCUT2D eigenvalue weighted by Crippen LogP contribution is -2.07. The molecule has 0 aliphatic rings. The van der Waals surface area contributed by atoms with E-state index in [9.17, 15) is 18.3 Å². The smallest absolute Gasteiger partial charge is 0.358 e. The lowest BCUT2D eigenvalue weighted by atomic mass is 10.2. The number of pyridine rings is 1. The highest BCUT2D eigenvalue weighted by molar-refractivity contribution is 7.91. The van der Waals surface area contributed by atoms with Crippen molar-refractivity contribution in [1.82, 2.24) is 4.98 Å². The number of hydrogen-bond acceptors (Lipinski definition) is 5. The fraction of sp³-hybridized carbons (Fsp3) is 0.0435. The fourth-order valence-electron chi connectivity index (χ4n) is 3.04. The lowest BCUT2D eigenvalue weighted by molar-refractivity contribution is 0.0685. The highest BCUT2D eigenvalue weighted by atomic mass is 32.2. The molecule has 0 bridgehead atoms. The molecule has 7 heteroatoms. The van der Waals surface area contributed by atoms with E-state index in [0.29, 0.717) is 10.9 Å². The fourth-order valence-corrected chi connectivity index (χ4v) is 4.35. The average molecular weight is 419 g/mol. The highest BCUT2D eigenvalue weighted by Crippen LogP contribution is 2.28. The molecule has 6 nitrogen and oxygen atoms in total. The van der Waals surface area contributed by atoms with Gasteiger partial charge in [-0.2, -0.15) is 0 Å². The van der Waals surface area contributed by atoms with Gasteiger partial charge in [-0.05, 0) is 42.0 Å². The van der Waals surface area contributed by atoms with Crippen LogP contribution in [0, 0.1) is 0 Å². The molecule has 0 spiro atoms. The Labute approximate surface area is 173 Å². The van der Waals surface area contributed by atoms with Crippen molar-refractivity contribution in [3.8, 4) is 5.75 Å². The molecular weight excluding hydrogens is 402 g/mol. The second kappa shape index (κ2) is 7.96. The second-order valence-corrected chi connectivity index (χ2v) is 8.54. The number of carbonyl (C=O) groups is 1. The number of aromatic carboxylic acids is 1. The molecule has 0 aliphatic heterocycles. The van der Waals surface area contributed by atoms with Gasteiger partial charge in [0.15, 0.2) is 11.4 Å². The monoisotopic (exact) mass is 419 g/mol. The minimum Gasteiger partial charge on any atom is -0.486 e. The number of aromatic nitrogens is 1. The molecule has 1 aromatic heterocycles. The summed E-state index contributed by atoms with van der Waals surface area (Å²) in [6, 6.07) is 23.3. The summed E-state index contributed by atoms with van der Waals surface area (Å²) in [6.45, 7) is 0.163. The van der Waals surface area contributed by atoms with E-state index in [2.05, 4.69) is 4.98 Å². The summed E-state index contributed by atoms with van der Waals surface area (Å²) in [6.07, 6.45) is 0. The zero-order chi connectivity index (χ0) is 21.1. The van der Waals surface area contributed by atoms with Crippen LogP contribution in [0.15, 0.2) is 94.7 Å². The van der Waals surface area contributed by atoms with Crippen LogP contribution in [0.1, 0.15) is 16.1 Å². The number of carboxylic acid groups (broad SMARTS) is 1. The molecule has 30 heavy (non-hydrogen) atoms.